The molecule has 0 bridgehead atoms. The molecule has 0 amide bonds. The molecule has 0 aromatic heterocycles. The Balaban J connectivity index is 2.17. The van der Waals surface area contributed by atoms with E-state index in [0.717, 1.165) is 25.1 Å². The Morgan fingerprint density at radius 3 is 2.76 bits per heavy atom. The highest BCUT2D eigenvalue weighted by Crippen LogP contribution is 2.29. The highest BCUT2D eigenvalue weighted by atomic mass is 32.2. The number of benzene rings is 1. The summed E-state index contributed by atoms with van der Waals surface area (Å²) >= 11 is 0. The zero-order valence-corrected chi connectivity index (χ0v) is 13.5. The fourth-order valence-electron chi connectivity index (χ4n) is 2.55. The van der Waals surface area contributed by atoms with Gasteiger partial charge in [0.2, 0.25) is 10.0 Å². The minimum Gasteiger partial charge on any atom is -0.495 e. The summed E-state index contributed by atoms with van der Waals surface area (Å²) < 4.78 is 32.7. The molecular weight excluding hydrogens is 290 g/mol. The van der Waals surface area contributed by atoms with Gasteiger partial charge in [0, 0.05) is 18.8 Å². The van der Waals surface area contributed by atoms with Crippen molar-refractivity contribution in [3.63, 3.8) is 0 Å². The van der Waals surface area contributed by atoms with Crippen LogP contribution in [0.25, 0.3) is 0 Å². The standard InChI is InChI=1S/C14H23N3O3S/c1-10-6-13(20-3)14(7-12(10)15)21(18,19)16-8-11-4-5-17(2)9-11/h6-7,11,16H,4-5,8-9,15H2,1-3H3. The fraction of sp³-hybridized carbons (Fsp3) is 0.571. The number of anilines is 1. The summed E-state index contributed by atoms with van der Waals surface area (Å²) in [7, 11) is -0.127. The first kappa shape index (κ1) is 16.1. The summed E-state index contributed by atoms with van der Waals surface area (Å²) in [5.74, 6) is 0.663. The first-order chi connectivity index (χ1) is 9.83. The van der Waals surface area contributed by atoms with Gasteiger partial charge in [-0.25, -0.2) is 13.1 Å². The molecule has 1 atom stereocenters. The zero-order chi connectivity index (χ0) is 15.6. The third kappa shape index (κ3) is 3.66. The maximum absolute atomic E-state index is 12.5. The Hall–Kier alpha value is -1.31. The molecule has 1 fully saturated rings. The topological polar surface area (TPSA) is 84.7 Å². The number of nitrogens with one attached hydrogen (secondary N) is 1. The lowest BCUT2D eigenvalue weighted by atomic mass is 10.1. The summed E-state index contributed by atoms with van der Waals surface area (Å²) in [5, 5.41) is 0. The van der Waals surface area contributed by atoms with Crippen molar-refractivity contribution in [2.75, 3.05) is 39.5 Å². The molecule has 3 N–H and O–H groups in total. The quantitative estimate of drug-likeness (QED) is 0.786. The SMILES string of the molecule is COc1cc(C)c(N)cc1S(=O)(=O)NCC1CCN(C)C1. The van der Waals surface area contributed by atoms with Crippen LogP contribution in [0.2, 0.25) is 0 Å². The smallest absolute Gasteiger partial charge is 0.244 e. The van der Waals surface area contributed by atoms with Gasteiger partial charge in [0.25, 0.3) is 0 Å². The predicted molar refractivity (Wildman–Crippen MR) is 82.9 cm³/mol. The Kier molecular flexibility index (Phi) is 4.75. The number of sulfonamides is 1. The van der Waals surface area contributed by atoms with Gasteiger partial charge in [0.05, 0.1) is 7.11 Å². The van der Waals surface area contributed by atoms with Gasteiger partial charge in [-0.3, -0.25) is 0 Å². The molecule has 1 aromatic carbocycles. The van der Waals surface area contributed by atoms with E-state index in [1.165, 1.54) is 13.2 Å². The van der Waals surface area contributed by atoms with Gasteiger partial charge in [-0.1, -0.05) is 0 Å². The molecule has 0 spiro atoms. The van der Waals surface area contributed by atoms with Crippen LogP contribution in [-0.4, -0.2) is 47.1 Å². The van der Waals surface area contributed by atoms with Crippen LogP contribution < -0.4 is 15.2 Å². The Labute approximate surface area is 126 Å². The van der Waals surface area contributed by atoms with Crippen LogP contribution in [-0.2, 0) is 10.0 Å². The van der Waals surface area contributed by atoms with Crippen molar-refractivity contribution < 1.29 is 13.2 Å². The van der Waals surface area contributed by atoms with E-state index in [2.05, 4.69) is 9.62 Å². The molecule has 118 valence electrons. The number of hydrogen-bond acceptors (Lipinski definition) is 5. The molecule has 1 aliphatic heterocycles. The normalized spacial score (nSPS) is 19.9. The van der Waals surface area contributed by atoms with E-state index in [4.69, 9.17) is 10.5 Å². The monoisotopic (exact) mass is 313 g/mol. The van der Waals surface area contributed by atoms with E-state index >= 15 is 0 Å². The minimum atomic E-state index is -3.62. The van der Waals surface area contributed by atoms with Crippen molar-refractivity contribution in [2.45, 2.75) is 18.2 Å². The molecule has 0 aliphatic carbocycles. The van der Waals surface area contributed by atoms with Crippen molar-refractivity contribution in [1.82, 2.24) is 9.62 Å². The van der Waals surface area contributed by atoms with E-state index in [-0.39, 0.29) is 4.90 Å². The summed E-state index contributed by atoms with van der Waals surface area (Å²) in [5.41, 5.74) is 7.06. The zero-order valence-electron chi connectivity index (χ0n) is 12.7. The van der Waals surface area contributed by atoms with Gasteiger partial charge in [-0.2, -0.15) is 0 Å². The maximum Gasteiger partial charge on any atom is 0.244 e. The van der Waals surface area contributed by atoms with Crippen molar-refractivity contribution in [1.29, 1.82) is 0 Å². The molecule has 21 heavy (non-hydrogen) atoms. The van der Waals surface area contributed by atoms with E-state index in [1.807, 2.05) is 14.0 Å². The molecular formula is C14H23N3O3S. The number of nitrogen functional groups attached to an aromatic ring is 1. The Bertz CT molecular complexity index is 616. The Morgan fingerprint density at radius 2 is 2.19 bits per heavy atom. The number of aryl methyl sites for hydroxylation is 1. The van der Waals surface area contributed by atoms with Gasteiger partial charge in [0.1, 0.15) is 10.6 Å². The lowest BCUT2D eigenvalue weighted by molar-refractivity contribution is 0.393. The van der Waals surface area contributed by atoms with Crippen molar-refractivity contribution in [3.05, 3.63) is 17.7 Å². The van der Waals surface area contributed by atoms with Crippen LogP contribution in [0.4, 0.5) is 5.69 Å². The van der Waals surface area contributed by atoms with E-state index in [9.17, 15) is 8.42 Å². The highest BCUT2D eigenvalue weighted by Gasteiger charge is 2.25. The van der Waals surface area contributed by atoms with Crippen molar-refractivity contribution in [2.24, 2.45) is 5.92 Å². The third-order valence-corrected chi connectivity index (χ3v) is 5.34. The van der Waals surface area contributed by atoms with Crippen molar-refractivity contribution in [3.8, 4) is 5.75 Å². The summed E-state index contributed by atoms with van der Waals surface area (Å²) in [6.45, 7) is 4.17. The average Bonchev–Trinajstić information content (AvgIpc) is 2.85. The van der Waals surface area contributed by atoms with Gasteiger partial charge < -0.3 is 15.4 Å². The number of methoxy groups -OCH3 is 1. The molecule has 0 radical (unpaired) electrons. The van der Waals surface area contributed by atoms with Crippen LogP contribution in [0.3, 0.4) is 0 Å². The largest absolute Gasteiger partial charge is 0.495 e. The number of nitrogens with zero attached hydrogens (tertiary/aromatic N) is 1. The van der Waals surface area contributed by atoms with E-state index < -0.39 is 10.0 Å². The van der Waals surface area contributed by atoms with Crippen LogP contribution >= 0.6 is 0 Å². The second kappa shape index (κ2) is 6.21. The number of ether oxygens (including phenoxy) is 1. The average molecular weight is 313 g/mol. The number of hydrogen-bond donors (Lipinski definition) is 2. The van der Waals surface area contributed by atoms with Crippen LogP contribution in [0.1, 0.15) is 12.0 Å². The highest BCUT2D eigenvalue weighted by molar-refractivity contribution is 7.89. The molecule has 0 saturated carbocycles. The van der Waals surface area contributed by atoms with Crippen LogP contribution in [0.15, 0.2) is 17.0 Å². The first-order valence-electron chi connectivity index (χ1n) is 6.96. The molecule has 2 rings (SSSR count). The molecule has 1 heterocycles. The third-order valence-electron chi connectivity index (χ3n) is 3.89. The van der Waals surface area contributed by atoms with Crippen LogP contribution in [0.5, 0.6) is 5.75 Å². The first-order valence-corrected chi connectivity index (χ1v) is 8.44. The molecule has 6 nitrogen and oxygen atoms in total. The Morgan fingerprint density at radius 1 is 1.48 bits per heavy atom. The summed E-state index contributed by atoms with van der Waals surface area (Å²) in [6.07, 6.45) is 1.01. The van der Waals surface area contributed by atoms with Gasteiger partial charge >= 0.3 is 0 Å². The molecule has 1 saturated heterocycles. The van der Waals surface area contributed by atoms with Gasteiger partial charge in [-0.15, -0.1) is 0 Å². The van der Waals surface area contributed by atoms with E-state index in [1.54, 1.807) is 6.07 Å². The molecule has 7 heteroatoms. The lowest BCUT2D eigenvalue weighted by Gasteiger charge is -2.15. The molecule has 1 aromatic rings. The summed E-state index contributed by atoms with van der Waals surface area (Å²) in [4.78, 5) is 2.29. The summed E-state index contributed by atoms with van der Waals surface area (Å²) in [6, 6.07) is 3.10. The number of likely N-dealkylation sites (tertiary alicyclic amines) is 1. The van der Waals surface area contributed by atoms with Crippen molar-refractivity contribution >= 4 is 15.7 Å². The number of nitrogens with two attached hydrogens (primary N) is 1. The fourth-order valence-corrected chi connectivity index (χ4v) is 3.84. The maximum atomic E-state index is 12.5. The molecule has 1 unspecified atom stereocenters. The van der Waals surface area contributed by atoms with Gasteiger partial charge in [0.15, 0.2) is 0 Å². The second-order valence-corrected chi connectivity index (χ2v) is 7.36. The number of rotatable bonds is 5. The molecule has 1 aliphatic rings. The predicted octanol–water partition coefficient (Wildman–Crippen LogP) is 0.816. The van der Waals surface area contributed by atoms with Gasteiger partial charge in [-0.05, 0) is 50.6 Å². The minimum absolute atomic E-state index is 0.0967. The lowest BCUT2D eigenvalue weighted by Crippen LogP contribution is -2.31. The second-order valence-electron chi connectivity index (χ2n) is 5.63. The van der Waals surface area contributed by atoms with E-state index in [0.29, 0.717) is 23.9 Å². The van der Waals surface area contributed by atoms with Crippen LogP contribution in [0, 0.1) is 12.8 Å².